The van der Waals surface area contributed by atoms with Crippen LogP contribution in [-0.2, 0) is 16.1 Å². The van der Waals surface area contributed by atoms with Gasteiger partial charge in [-0.05, 0) is 25.3 Å². The SMILES string of the molecule is O=C(NCc1ccccc1F)C1CC(=O)N(C2CCC2)C1. The molecule has 2 amide bonds. The van der Waals surface area contributed by atoms with Gasteiger partial charge in [0.25, 0.3) is 0 Å². The number of hydrogen-bond acceptors (Lipinski definition) is 2. The van der Waals surface area contributed by atoms with E-state index in [9.17, 15) is 14.0 Å². The molecule has 2 aliphatic rings. The minimum absolute atomic E-state index is 0.0748. The van der Waals surface area contributed by atoms with Crippen molar-refractivity contribution >= 4 is 11.8 Å². The van der Waals surface area contributed by atoms with E-state index in [4.69, 9.17) is 0 Å². The van der Waals surface area contributed by atoms with E-state index in [1.54, 1.807) is 18.2 Å². The van der Waals surface area contributed by atoms with Crippen LogP contribution in [-0.4, -0.2) is 29.3 Å². The molecule has 1 unspecified atom stereocenters. The monoisotopic (exact) mass is 290 g/mol. The molecule has 1 saturated carbocycles. The van der Waals surface area contributed by atoms with Crippen molar-refractivity contribution in [2.45, 2.75) is 38.3 Å². The average molecular weight is 290 g/mol. The first-order chi connectivity index (χ1) is 10.1. The highest BCUT2D eigenvalue weighted by molar-refractivity contribution is 5.89. The summed E-state index contributed by atoms with van der Waals surface area (Å²) >= 11 is 0. The number of carbonyl (C=O) groups is 2. The molecule has 1 aliphatic heterocycles. The summed E-state index contributed by atoms with van der Waals surface area (Å²) in [5, 5.41) is 2.74. The topological polar surface area (TPSA) is 49.4 Å². The summed E-state index contributed by atoms with van der Waals surface area (Å²) in [6.45, 7) is 0.673. The van der Waals surface area contributed by atoms with E-state index in [0.717, 1.165) is 12.8 Å². The second-order valence-corrected chi connectivity index (χ2v) is 5.84. The average Bonchev–Trinajstić information content (AvgIpc) is 2.78. The molecule has 21 heavy (non-hydrogen) atoms. The van der Waals surface area contributed by atoms with Crippen LogP contribution in [0.25, 0.3) is 0 Å². The molecule has 1 aliphatic carbocycles. The summed E-state index contributed by atoms with van der Waals surface area (Å²) < 4.78 is 13.5. The quantitative estimate of drug-likeness (QED) is 0.920. The summed E-state index contributed by atoms with van der Waals surface area (Å²) in [5.74, 6) is -0.708. The molecule has 1 N–H and O–H groups in total. The van der Waals surface area contributed by atoms with Gasteiger partial charge in [-0.1, -0.05) is 18.2 Å². The number of likely N-dealkylation sites (tertiary alicyclic amines) is 1. The van der Waals surface area contributed by atoms with Crippen LogP contribution in [0.5, 0.6) is 0 Å². The Bertz CT molecular complexity index is 557. The molecule has 0 spiro atoms. The Labute approximate surface area is 123 Å². The zero-order chi connectivity index (χ0) is 14.8. The standard InChI is InChI=1S/C16H19FN2O2/c17-14-7-2-1-4-11(14)9-18-16(21)12-8-15(20)19(10-12)13-5-3-6-13/h1-2,4,7,12-13H,3,5-6,8-10H2,(H,18,21). The van der Waals surface area contributed by atoms with Crippen molar-refractivity contribution in [2.24, 2.45) is 5.92 Å². The van der Waals surface area contributed by atoms with Gasteiger partial charge >= 0.3 is 0 Å². The van der Waals surface area contributed by atoms with E-state index in [2.05, 4.69) is 5.32 Å². The lowest BCUT2D eigenvalue weighted by molar-refractivity contribution is -0.131. The molecular weight excluding hydrogens is 271 g/mol. The minimum Gasteiger partial charge on any atom is -0.352 e. The van der Waals surface area contributed by atoms with Crippen LogP contribution < -0.4 is 5.32 Å². The lowest BCUT2D eigenvalue weighted by Gasteiger charge is -2.34. The predicted octanol–water partition coefficient (Wildman–Crippen LogP) is 1.84. The maximum Gasteiger partial charge on any atom is 0.225 e. The Balaban J connectivity index is 1.54. The van der Waals surface area contributed by atoms with Crippen LogP contribution in [0.15, 0.2) is 24.3 Å². The van der Waals surface area contributed by atoms with Crippen molar-refractivity contribution in [3.05, 3.63) is 35.6 Å². The fourth-order valence-corrected chi connectivity index (χ4v) is 2.93. The summed E-state index contributed by atoms with van der Waals surface area (Å²) in [6, 6.07) is 6.71. The number of amides is 2. The number of benzene rings is 1. The molecule has 0 aromatic heterocycles. The maximum absolute atomic E-state index is 13.5. The predicted molar refractivity (Wildman–Crippen MR) is 75.7 cm³/mol. The van der Waals surface area contributed by atoms with Gasteiger partial charge in [-0.2, -0.15) is 0 Å². The zero-order valence-electron chi connectivity index (χ0n) is 11.8. The Hall–Kier alpha value is -1.91. The third kappa shape index (κ3) is 2.91. The fourth-order valence-electron chi connectivity index (χ4n) is 2.93. The minimum atomic E-state index is -0.323. The summed E-state index contributed by atoms with van der Waals surface area (Å²) in [7, 11) is 0. The van der Waals surface area contributed by atoms with Gasteiger partial charge in [-0.25, -0.2) is 4.39 Å². The number of hydrogen-bond donors (Lipinski definition) is 1. The van der Waals surface area contributed by atoms with Gasteiger partial charge in [0, 0.05) is 31.1 Å². The highest BCUT2D eigenvalue weighted by Gasteiger charge is 2.39. The Kier molecular flexibility index (Phi) is 3.90. The molecule has 1 heterocycles. The molecule has 1 aromatic carbocycles. The molecule has 1 aromatic rings. The van der Waals surface area contributed by atoms with E-state index in [-0.39, 0.29) is 36.5 Å². The number of carbonyl (C=O) groups excluding carboxylic acids is 2. The van der Waals surface area contributed by atoms with Gasteiger partial charge < -0.3 is 10.2 Å². The van der Waals surface area contributed by atoms with E-state index in [1.165, 1.54) is 12.5 Å². The van der Waals surface area contributed by atoms with Crippen LogP contribution in [0.2, 0.25) is 0 Å². The van der Waals surface area contributed by atoms with E-state index >= 15 is 0 Å². The molecule has 5 heteroatoms. The second-order valence-electron chi connectivity index (χ2n) is 5.84. The van der Waals surface area contributed by atoms with Gasteiger partial charge in [0.15, 0.2) is 0 Å². The second kappa shape index (κ2) is 5.84. The van der Waals surface area contributed by atoms with Gasteiger partial charge in [0.2, 0.25) is 11.8 Å². The largest absolute Gasteiger partial charge is 0.352 e. The molecule has 1 saturated heterocycles. The first-order valence-electron chi connectivity index (χ1n) is 7.45. The number of nitrogens with zero attached hydrogens (tertiary/aromatic N) is 1. The van der Waals surface area contributed by atoms with Crippen LogP contribution >= 0.6 is 0 Å². The van der Waals surface area contributed by atoms with Gasteiger partial charge in [-0.15, -0.1) is 0 Å². The first kappa shape index (κ1) is 14.0. The lowest BCUT2D eigenvalue weighted by atomic mass is 9.92. The number of rotatable bonds is 4. The Morgan fingerprint density at radius 1 is 1.33 bits per heavy atom. The van der Waals surface area contributed by atoms with Gasteiger partial charge in [0.05, 0.1) is 5.92 Å². The molecule has 1 atom stereocenters. The number of nitrogens with one attached hydrogen (secondary N) is 1. The Morgan fingerprint density at radius 3 is 2.76 bits per heavy atom. The van der Waals surface area contributed by atoms with E-state index in [1.807, 2.05) is 4.90 Å². The lowest BCUT2D eigenvalue weighted by Crippen LogP contribution is -2.42. The van der Waals surface area contributed by atoms with E-state index in [0.29, 0.717) is 18.2 Å². The summed E-state index contributed by atoms with van der Waals surface area (Å²) in [6.07, 6.45) is 3.54. The molecule has 0 bridgehead atoms. The normalized spacial score (nSPS) is 22.2. The third-order valence-corrected chi connectivity index (χ3v) is 4.46. The van der Waals surface area contributed by atoms with Crippen molar-refractivity contribution in [2.75, 3.05) is 6.54 Å². The maximum atomic E-state index is 13.5. The Morgan fingerprint density at radius 2 is 2.10 bits per heavy atom. The molecule has 2 fully saturated rings. The highest BCUT2D eigenvalue weighted by Crippen LogP contribution is 2.30. The molecule has 0 radical (unpaired) electrons. The van der Waals surface area contributed by atoms with Crippen LogP contribution in [0.1, 0.15) is 31.2 Å². The van der Waals surface area contributed by atoms with Gasteiger partial charge in [0.1, 0.15) is 5.82 Å². The van der Waals surface area contributed by atoms with Gasteiger partial charge in [-0.3, -0.25) is 9.59 Å². The zero-order valence-corrected chi connectivity index (χ0v) is 11.8. The van der Waals surface area contributed by atoms with Crippen molar-refractivity contribution in [3.8, 4) is 0 Å². The van der Waals surface area contributed by atoms with Crippen molar-refractivity contribution in [3.63, 3.8) is 0 Å². The van der Waals surface area contributed by atoms with Crippen molar-refractivity contribution in [1.82, 2.24) is 10.2 Å². The van der Waals surface area contributed by atoms with Crippen LogP contribution in [0.4, 0.5) is 4.39 Å². The summed E-state index contributed by atoms with van der Waals surface area (Å²) in [4.78, 5) is 25.9. The third-order valence-electron chi connectivity index (χ3n) is 4.46. The molecule has 112 valence electrons. The fraction of sp³-hybridized carbons (Fsp3) is 0.500. The summed E-state index contributed by atoms with van der Waals surface area (Å²) in [5.41, 5.74) is 0.464. The number of halogens is 1. The smallest absolute Gasteiger partial charge is 0.225 e. The molecular formula is C16H19FN2O2. The van der Waals surface area contributed by atoms with Crippen molar-refractivity contribution < 1.29 is 14.0 Å². The van der Waals surface area contributed by atoms with Crippen LogP contribution in [0, 0.1) is 11.7 Å². The van der Waals surface area contributed by atoms with E-state index < -0.39 is 0 Å². The molecule has 4 nitrogen and oxygen atoms in total. The first-order valence-corrected chi connectivity index (χ1v) is 7.45. The van der Waals surface area contributed by atoms with Crippen molar-refractivity contribution in [1.29, 1.82) is 0 Å². The molecule has 3 rings (SSSR count). The highest BCUT2D eigenvalue weighted by atomic mass is 19.1. The van der Waals surface area contributed by atoms with Crippen LogP contribution in [0.3, 0.4) is 0 Å².